The summed E-state index contributed by atoms with van der Waals surface area (Å²) < 4.78 is 0. The van der Waals surface area contributed by atoms with Crippen LogP contribution in [0.15, 0.2) is 30.0 Å². The van der Waals surface area contributed by atoms with Crippen LogP contribution in [0.3, 0.4) is 0 Å². The maximum Gasteiger partial charge on any atom is 0.211 e. The molecule has 14 heavy (non-hydrogen) atoms. The molecule has 0 aromatic heterocycles. The number of carbonyl (C=O) groups excluding carboxylic acids is 2. The minimum absolute atomic E-state index is 0.106. The van der Waals surface area contributed by atoms with Crippen LogP contribution in [-0.2, 0) is 4.79 Å². The van der Waals surface area contributed by atoms with E-state index in [9.17, 15) is 9.59 Å². The van der Waals surface area contributed by atoms with Gasteiger partial charge in [0.25, 0.3) is 0 Å². The smallest absolute Gasteiger partial charge is 0.211 e. The number of Topliss-reactive ketones (excluding diaryl/α,β-unsaturated/α-hetero) is 1. The van der Waals surface area contributed by atoms with Gasteiger partial charge in [-0.2, -0.15) is 0 Å². The molecular formula is C11H9NO2. The maximum absolute atomic E-state index is 11.7. The van der Waals surface area contributed by atoms with Crippen LogP contribution in [0.25, 0.3) is 5.57 Å². The zero-order valence-electron chi connectivity index (χ0n) is 7.70. The van der Waals surface area contributed by atoms with Crippen molar-refractivity contribution >= 4 is 17.8 Å². The first kappa shape index (κ1) is 8.69. The third kappa shape index (κ3) is 1.06. The quantitative estimate of drug-likeness (QED) is 0.710. The summed E-state index contributed by atoms with van der Waals surface area (Å²) in [4.78, 5) is 22.0. The van der Waals surface area contributed by atoms with Gasteiger partial charge in [-0.25, -0.2) is 0 Å². The number of hydrogen-bond acceptors (Lipinski definition) is 2. The maximum atomic E-state index is 11.7. The van der Waals surface area contributed by atoms with Gasteiger partial charge in [-0.1, -0.05) is 24.3 Å². The van der Waals surface area contributed by atoms with Crippen LogP contribution in [0.4, 0.5) is 0 Å². The molecule has 1 amide bonds. The average molecular weight is 187 g/mol. The van der Waals surface area contributed by atoms with Crippen LogP contribution >= 0.6 is 0 Å². The van der Waals surface area contributed by atoms with Crippen molar-refractivity contribution in [1.29, 1.82) is 0 Å². The standard InChI is InChI=1S/C11H9NO2/c1-7-8-4-2-3-5-9(8)11(14)10(7)12-6-13/h2-6H,1H3,(H,12,13,14). The Kier molecular flexibility index (Phi) is 1.93. The number of allylic oxidation sites excluding steroid dienone is 2. The van der Waals surface area contributed by atoms with E-state index in [1.54, 1.807) is 6.07 Å². The summed E-state index contributed by atoms with van der Waals surface area (Å²) in [5, 5.41) is 2.44. The van der Waals surface area contributed by atoms with Crippen LogP contribution < -0.4 is 5.32 Å². The lowest BCUT2D eigenvalue weighted by molar-refractivity contribution is -0.108. The summed E-state index contributed by atoms with van der Waals surface area (Å²) in [5.41, 5.74) is 2.79. The van der Waals surface area contributed by atoms with E-state index < -0.39 is 0 Å². The van der Waals surface area contributed by atoms with Crippen molar-refractivity contribution in [1.82, 2.24) is 5.32 Å². The predicted octanol–water partition coefficient (Wildman–Crippen LogP) is 1.36. The first-order valence-corrected chi connectivity index (χ1v) is 4.31. The molecule has 70 valence electrons. The lowest BCUT2D eigenvalue weighted by Gasteiger charge is -1.97. The highest BCUT2D eigenvalue weighted by atomic mass is 16.1. The molecule has 0 saturated carbocycles. The first-order chi connectivity index (χ1) is 6.75. The third-order valence-corrected chi connectivity index (χ3v) is 2.38. The molecule has 1 aliphatic carbocycles. The van der Waals surface area contributed by atoms with E-state index in [1.165, 1.54) is 0 Å². The fraction of sp³-hybridized carbons (Fsp3) is 0.0909. The number of hydrogen-bond donors (Lipinski definition) is 1. The normalized spacial score (nSPS) is 14.2. The van der Waals surface area contributed by atoms with Crippen molar-refractivity contribution in [2.45, 2.75) is 6.92 Å². The Labute approximate surface area is 81.4 Å². The molecule has 3 nitrogen and oxygen atoms in total. The van der Waals surface area contributed by atoms with Crippen LogP contribution in [0.1, 0.15) is 22.8 Å². The summed E-state index contributed by atoms with van der Waals surface area (Å²) in [5.74, 6) is -0.106. The van der Waals surface area contributed by atoms with E-state index in [-0.39, 0.29) is 5.78 Å². The topological polar surface area (TPSA) is 46.2 Å². The Morgan fingerprint density at radius 1 is 1.21 bits per heavy atom. The zero-order valence-corrected chi connectivity index (χ0v) is 7.70. The molecule has 1 aliphatic rings. The Morgan fingerprint density at radius 3 is 2.43 bits per heavy atom. The highest BCUT2D eigenvalue weighted by Crippen LogP contribution is 2.30. The van der Waals surface area contributed by atoms with Gasteiger partial charge < -0.3 is 5.32 Å². The highest BCUT2D eigenvalue weighted by molar-refractivity contribution is 6.20. The fourth-order valence-electron chi connectivity index (χ4n) is 1.68. The molecule has 0 fully saturated rings. The SMILES string of the molecule is CC1=C(NC=O)C(=O)c2ccccc21. The molecule has 0 heterocycles. The van der Waals surface area contributed by atoms with Crippen molar-refractivity contribution in [3.63, 3.8) is 0 Å². The molecule has 1 aromatic rings. The van der Waals surface area contributed by atoms with Gasteiger partial charge in [-0.3, -0.25) is 9.59 Å². The van der Waals surface area contributed by atoms with Crippen LogP contribution in [-0.4, -0.2) is 12.2 Å². The Balaban J connectivity index is 2.56. The Hall–Kier alpha value is -1.90. The Bertz CT molecular complexity index is 446. The molecule has 0 bridgehead atoms. The van der Waals surface area contributed by atoms with E-state index in [0.29, 0.717) is 17.7 Å². The molecule has 0 aliphatic heterocycles. The molecule has 0 spiro atoms. The highest BCUT2D eigenvalue weighted by Gasteiger charge is 2.26. The van der Waals surface area contributed by atoms with Crippen molar-refractivity contribution in [2.75, 3.05) is 0 Å². The second kappa shape index (κ2) is 3.10. The van der Waals surface area contributed by atoms with Crippen molar-refractivity contribution < 1.29 is 9.59 Å². The van der Waals surface area contributed by atoms with Crippen LogP contribution in [0.2, 0.25) is 0 Å². The minimum atomic E-state index is -0.106. The molecule has 0 atom stereocenters. The number of fused-ring (bicyclic) bond motifs is 1. The third-order valence-electron chi connectivity index (χ3n) is 2.38. The predicted molar refractivity (Wildman–Crippen MR) is 52.6 cm³/mol. The van der Waals surface area contributed by atoms with Gasteiger partial charge in [0.1, 0.15) is 0 Å². The molecule has 2 rings (SSSR count). The van der Waals surface area contributed by atoms with E-state index in [2.05, 4.69) is 5.32 Å². The molecule has 0 radical (unpaired) electrons. The molecule has 1 N–H and O–H groups in total. The molecular weight excluding hydrogens is 178 g/mol. The summed E-state index contributed by atoms with van der Waals surface area (Å²) in [7, 11) is 0. The minimum Gasteiger partial charge on any atom is -0.325 e. The second-order valence-corrected chi connectivity index (χ2v) is 3.14. The zero-order chi connectivity index (χ0) is 10.1. The van der Waals surface area contributed by atoms with Gasteiger partial charge >= 0.3 is 0 Å². The summed E-state index contributed by atoms with van der Waals surface area (Å²) >= 11 is 0. The molecule has 0 saturated heterocycles. The van der Waals surface area contributed by atoms with E-state index in [0.717, 1.165) is 11.1 Å². The van der Waals surface area contributed by atoms with Crippen LogP contribution in [0.5, 0.6) is 0 Å². The number of benzene rings is 1. The number of amides is 1. The molecule has 0 unspecified atom stereocenters. The molecule has 3 heteroatoms. The Morgan fingerprint density at radius 2 is 1.86 bits per heavy atom. The first-order valence-electron chi connectivity index (χ1n) is 4.31. The van der Waals surface area contributed by atoms with E-state index in [4.69, 9.17) is 0 Å². The van der Waals surface area contributed by atoms with Gasteiger partial charge in [0.15, 0.2) is 0 Å². The second-order valence-electron chi connectivity index (χ2n) is 3.14. The van der Waals surface area contributed by atoms with Crippen molar-refractivity contribution in [3.05, 3.63) is 41.1 Å². The van der Waals surface area contributed by atoms with Gasteiger partial charge in [-0.05, 0) is 18.1 Å². The number of ketones is 1. The van der Waals surface area contributed by atoms with Gasteiger partial charge in [0, 0.05) is 5.56 Å². The lowest BCUT2D eigenvalue weighted by atomic mass is 10.1. The van der Waals surface area contributed by atoms with Gasteiger partial charge in [0.2, 0.25) is 12.2 Å². The van der Waals surface area contributed by atoms with E-state index in [1.807, 2.05) is 25.1 Å². The number of carbonyl (C=O) groups is 2. The van der Waals surface area contributed by atoms with Gasteiger partial charge in [-0.15, -0.1) is 0 Å². The largest absolute Gasteiger partial charge is 0.325 e. The average Bonchev–Trinajstić information content (AvgIpc) is 2.45. The number of rotatable bonds is 2. The van der Waals surface area contributed by atoms with Gasteiger partial charge in [0.05, 0.1) is 5.70 Å². The fourth-order valence-corrected chi connectivity index (χ4v) is 1.68. The monoisotopic (exact) mass is 187 g/mol. The summed E-state index contributed by atoms with van der Waals surface area (Å²) in [6, 6.07) is 7.33. The number of nitrogens with one attached hydrogen (secondary N) is 1. The molecule has 1 aromatic carbocycles. The van der Waals surface area contributed by atoms with Crippen molar-refractivity contribution in [2.24, 2.45) is 0 Å². The summed E-state index contributed by atoms with van der Waals surface area (Å²) in [6.45, 7) is 1.83. The van der Waals surface area contributed by atoms with Crippen LogP contribution in [0, 0.1) is 0 Å². The lowest BCUT2D eigenvalue weighted by Crippen LogP contribution is -2.16. The summed E-state index contributed by atoms with van der Waals surface area (Å²) in [6.07, 6.45) is 0.530. The van der Waals surface area contributed by atoms with Crippen molar-refractivity contribution in [3.8, 4) is 0 Å². The van der Waals surface area contributed by atoms with E-state index >= 15 is 0 Å².